The number of carbonyl (C=O) groups is 4. The van der Waals surface area contributed by atoms with E-state index in [0.717, 1.165) is 21.2 Å². The average molecular weight is 536 g/mol. The molecule has 2 amide bonds. The molecule has 0 bridgehead atoms. The van der Waals surface area contributed by atoms with E-state index in [0.29, 0.717) is 17.2 Å². The van der Waals surface area contributed by atoms with Crippen molar-refractivity contribution in [3.63, 3.8) is 0 Å². The molecule has 37 heavy (non-hydrogen) atoms. The minimum Gasteiger partial charge on any atom is -0.478 e. The number of carbonyl (C=O) groups excluding carboxylic acids is 2. The monoisotopic (exact) mass is 535 g/mol. The molecule has 11 heteroatoms. The number of carboxylic acids is 2. The lowest BCUT2D eigenvalue weighted by atomic mass is 10.0. The van der Waals surface area contributed by atoms with Crippen LogP contribution in [0.1, 0.15) is 44.4 Å². The minimum atomic E-state index is -1.41. The Hall–Kier alpha value is -4.22. The molecular weight excluding hydrogens is 514 g/mol. The SMILES string of the molecule is CCC(Sc1cccc(NC(=O)c2ccc(C(=O)O)cc2C(=O)O)c1)C(=O)Nc1nc2ccccc2s1. The highest BCUT2D eigenvalue weighted by atomic mass is 32.2. The summed E-state index contributed by atoms with van der Waals surface area (Å²) in [5.41, 5.74) is 0.394. The molecule has 1 aromatic heterocycles. The molecule has 0 radical (unpaired) electrons. The van der Waals surface area contributed by atoms with Crippen LogP contribution in [-0.2, 0) is 4.79 Å². The Labute approximate surface area is 219 Å². The number of anilines is 2. The number of benzene rings is 3. The van der Waals surface area contributed by atoms with Gasteiger partial charge in [-0.3, -0.25) is 9.59 Å². The van der Waals surface area contributed by atoms with Crippen molar-refractivity contribution in [3.8, 4) is 0 Å². The molecule has 0 saturated heterocycles. The smallest absolute Gasteiger partial charge is 0.336 e. The predicted octanol–water partition coefficient (Wildman–Crippen LogP) is 5.45. The lowest BCUT2D eigenvalue weighted by molar-refractivity contribution is -0.115. The highest BCUT2D eigenvalue weighted by Gasteiger charge is 2.21. The van der Waals surface area contributed by atoms with Crippen molar-refractivity contribution >= 4 is 67.9 Å². The average Bonchev–Trinajstić information content (AvgIpc) is 3.29. The van der Waals surface area contributed by atoms with Crippen LogP contribution < -0.4 is 10.6 Å². The summed E-state index contributed by atoms with van der Waals surface area (Å²) in [5, 5.41) is 24.2. The molecule has 1 heterocycles. The van der Waals surface area contributed by atoms with Gasteiger partial charge < -0.3 is 20.8 Å². The molecule has 4 rings (SSSR count). The van der Waals surface area contributed by atoms with Gasteiger partial charge in [-0.15, -0.1) is 11.8 Å². The van der Waals surface area contributed by atoms with Crippen molar-refractivity contribution in [2.24, 2.45) is 0 Å². The second-order valence-electron chi connectivity index (χ2n) is 7.84. The number of carboxylic acid groups (broad SMARTS) is 2. The van der Waals surface area contributed by atoms with E-state index < -0.39 is 28.7 Å². The summed E-state index contributed by atoms with van der Waals surface area (Å²) in [7, 11) is 0. The van der Waals surface area contributed by atoms with Gasteiger partial charge in [0.25, 0.3) is 5.91 Å². The standard InChI is InChI=1S/C26H21N3O6S2/c1-2-20(23(31)29-26-28-19-8-3-4-9-21(19)37-26)36-16-7-5-6-15(13-16)27-22(30)17-11-10-14(24(32)33)12-18(17)25(34)35/h3-13,20H,2H2,1H3,(H,27,30)(H,32,33)(H,34,35)(H,28,29,31). The summed E-state index contributed by atoms with van der Waals surface area (Å²) in [6, 6.07) is 17.7. The zero-order valence-electron chi connectivity index (χ0n) is 19.4. The van der Waals surface area contributed by atoms with Gasteiger partial charge in [0.05, 0.1) is 32.2 Å². The van der Waals surface area contributed by atoms with E-state index in [2.05, 4.69) is 15.6 Å². The first-order valence-electron chi connectivity index (χ1n) is 11.1. The van der Waals surface area contributed by atoms with E-state index in [1.54, 1.807) is 24.3 Å². The number of nitrogens with one attached hydrogen (secondary N) is 2. The number of thiazole rings is 1. The van der Waals surface area contributed by atoms with E-state index in [4.69, 9.17) is 5.11 Å². The van der Waals surface area contributed by atoms with E-state index in [1.807, 2.05) is 31.2 Å². The number of aromatic carboxylic acids is 2. The fraction of sp³-hybridized carbons (Fsp3) is 0.115. The Morgan fingerprint density at radius 3 is 2.41 bits per heavy atom. The number of amides is 2. The Kier molecular flexibility index (Phi) is 7.85. The van der Waals surface area contributed by atoms with Crippen LogP contribution in [0.5, 0.6) is 0 Å². The van der Waals surface area contributed by atoms with Crippen molar-refractivity contribution in [2.45, 2.75) is 23.5 Å². The Morgan fingerprint density at radius 2 is 1.70 bits per heavy atom. The highest BCUT2D eigenvalue weighted by molar-refractivity contribution is 8.00. The summed E-state index contributed by atoms with van der Waals surface area (Å²) in [4.78, 5) is 53.6. The van der Waals surface area contributed by atoms with Crippen LogP contribution in [-0.4, -0.2) is 44.2 Å². The molecule has 0 fully saturated rings. The van der Waals surface area contributed by atoms with Crippen LogP contribution >= 0.6 is 23.1 Å². The molecule has 0 spiro atoms. The van der Waals surface area contributed by atoms with Gasteiger partial charge in [-0.25, -0.2) is 14.6 Å². The summed E-state index contributed by atoms with van der Waals surface area (Å²) in [6.45, 7) is 1.90. The maximum Gasteiger partial charge on any atom is 0.336 e. The molecule has 4 aromatic rings. The maximum absolute atomic E-state index is 12.9. The van der Waals surface area contributed by atoms with Crippen LogP contribution in [0, 0.1) is 0 Å². The summed E-state index contributed by atoms with van der Waals surface area (Å²) < 4.78 is 0.977. The number of hydrogen-bond donors (Lipinski definition) is 4. The Morgan fingerprint density at radius 1 is 0.919 bits per heavy atom. The molecule has 1 unspecified atom stereocenters. The largest absolute Gasteiger partial charge is 0.478 e. The quantitative estimate of drug-likeness (QED) is 0.207. The normalized spacial score (nSPS) is 11.6. The van der Waals surface area contributed by atoms with E-state index in [-0.39, 0.29) is 17.0 Å². The highest BCUT2D eigenvalue weighted by Crippen LogP contribution is 2.30. The molecule has 0 aliphatic rings. The van der Waals surface area contributed by atoms with Gasteiger partial charge in [-0.05, 0) is 55.0 Å². The van der Waals surface area contributed by atoms with E-state index in [9.17, 15) is 24.3 Å². The lowest BCUT2D eigenvalue weighted by Crippen LogP contribution is -2.24. The fourth-order valence-electron chi connectivity index (χ4n) is 3.50. The van der Waals surface area contributed by atoms with Crippen molar-refractivity contribution in [1.82, 2.24) is 4.98 Å². The first-order chi connectivity index (χ1) is 17.7. The van der Waals surface area contributed by atoms with Crippen molar-refractivity contribution in [2.75, 3.05) is 10.6 Å². The third-order valence-electron chi connectivity index (χ3n) is 5.30. The number of thioether (sulfide) groups is 1. The van der Waals surface area contributed by atoms with Gasteiger partial charge in [0, 0.05) is 10.6 Å². The van der Waals surface area contributed by atoms with Gasteiger partial charge in [-0.1, -0.05) is 36.5 Å². The van der Waals surface area contributed by atoms with Crippen LogP contribution in [0.15, 0.2) is 71.6 Å². The van der Waals surface area contributed by atoms with E-state index >= 15 is 0 Å². The predicted molar refractivity (Wildman–Crippen MR) is 143 cm³/mol. The summed E-state index contributed by atoms with van der Waals surface area (Å²) in [6.07, 6.45) is 0.551. The fourth-order valence-corrected chi connectivity index (χ4v) is 5.38. The molecule has 0 aliphatic carbocycles. The lowest BCUT2D eigenvalue weighted by Gasteiger charge is -2.14. The topological polar surface area (TPSA) is 146 Å². The van der Waals surface area contributed by atoms with Gasteiger partial charge in [0.1, 0.15) is 0 Å². The van der Waals surface area contributed by atoms with Crippen molar-refractivity contribution in [1.29, 1.82) is 0 Å². The molecule has 188 valence electrons. The number of nitrogens with zero attached hydrogens (tertiary/aromatic N) is 1. The van der Waals surface area contributed by atoms with Crippen LogP contribution in [0.3, 0.4) is 0 Å². The van der Waals surface area contributed by atoms with Gasteiger partial charge >= 0.3 is 11.9 Å². The number of fused-ring (bicyclic) bond motifs is 1. The summed E-state index contributed by atoms with van der Waals surface area (Å²) >= 11 is 2.73. The number of aromatic nitrogens is 1. The van der Waals surface area contributed by atoms with Crippen LogP contribution in [0.4, 0.5) is 10.8 Å². The third-order valence-corrected chi connectivity index (χ3v) is 7.61. The molecule has 0 aliphatic heterocycles. The third kappa shape index (κ3) is 6.13. The zero-order chi connectivity index (χ0) is 26.5. The van der Waals surface area contributed by atoms with Gasteiger partial charge in [0.15, 0.2) is 5.13 Å². The number of rotatable bonds is 9. The molecular formula is C26H21N3O6S2. The number of hydrogen-bond acceptors (Lipinski definition) is 7. The Bertz CT molecular complexity index is 1480. The van der Waals surface area contributed by atoms with Crippen LogP contribution in [0.25, 0.3) is 10.2 Å². The van der Waals surface area contributed by atoms with Gasteiger partial charge in [-0.2, -0.15) is 0 Å². The number of para-hydroxylation sites is 1. The zero-order valence-corrected chi connectivity index (χ0v) is 21.1. The maximum atomic E-state index is 12.9. The molecule has 4 N–H and O–H groups in total. The Balaban J connectivity index is 1.46. The summed E-state index contributed by atoms with van der Waals surface area (Å²) in [5.74, 6) is -3.60. The van der Waals surface area contributed by atoms with Crippen LogP contribution in [0.2, 0.25) is 0 Å². The molecule has 9 nitrogen and oxygen atoms in total. The molecule has 0 saturated carbocycles. The minimum absolute atomic E-state index is 0.169. The van der Waals surface area contributed by atoms with Crippen molar-refractivity contribution in [3.05, 3.63) is 83.4 Å². The van der Waals surface area contributed by atoms with E-state index in [1.165, 1.54) is 35.2 Å². The second kappa shape index (κ2) is 11.2. The second-order valence-corrected chi connectivity index (χ2v) is 10.2. The van der Waals surface area contributed by atoms with Crippen molar-refractivity contribution < 1.29 is 29.4 Å². The molecule has 1 atom stereocenters. The molecule has 3 aromatic carbocycles. The first-order valence-corrected chi connectivity index (χ1v) is 12.8. The van der Waals surface area contributed by atoms with Gasteiger partial charge in [0.2, 0.25) is 5.91 Å². The first kappa shape index (κ1) is 25.9.